The smallest absolute Gasteiger partial charge is 0.165 e. The molecular weight excluding hydrogens is 663 g/mol. The Bertz CT molecular complexity index is 3160. The van der Waals surface area contributed by atoms with Gasteiger partial charge in [-0.1, -0.05) is 121 Å². The van der Waals surface area contributed by atoms with Gasteiger partial charge in [0.05, 0.1) is 0 Å². The maximum absolute atomic E-state index is 6.60. The number of benzene rings is 7. The van der Waals surface area contributed by atoms with E-state index >= 15 is 0 Å². The van der Waals surface area contributed by atoms with E-state index in [1.54, 1.807) is 11.3 Å². The molecule has 4 nitrogen and oxygen atoms in total. The highest BCUT2D eigenvalue weighted by atomic mass is 32.1. The zero-order valence-electron chi connectivity index (χ0n) is 27.0. The van der Waals surface area contributed by atoms with Crippen molar-refractivity contribution in [3.8, 4) is 45.3 Å². The number of aromatic nitrogens is 3. The third kappa shape index (κ3) is 4.40. The number of rotatable bonds is 4. The largest absolute Gasteiger partial charge is 0.456 e. The van der Waals surface area contributed by atoms with Crippen molar-refractivity contribution in [3.05, 3.63) is 152 Å². The first-order valence-electron chi connectivity index (χ1n) is 16.9. The molecule has 0 spiro atoms. The standard InChI is InChI=1S/C45H25N3OS2/c1-2-12-26(13-3-1)43-46-44(48-45(47-43)34-21-9-18-31-28-15-5-7-25-38(28)51-42(31)34)33-20-11-23-36-40(33)39-29(16-10-22-35(39)49-36)32-19-8-17-30-27-14-4-6-24-37(27)50-41(30)32/h1-25H. The molecule has 0 fully saturated rings. The van der Waals surface area contributed by atoms with Gasteiger partial charge in [0.1, 0.15) is 11.2 Å². The molecular formula is C45H25N3OS2. The van der Waals surface area contributed by atoms with Crippen LogP contribution in [0, 0.1) is 0 Å². The lowest BCUT2D eigenvalue weighted by Gasteiger charge is -2.11. The first kappa shape index (κ1) is 28.6. The predicted molar refractivity (Wildman–Crippen MR) is 215 cm³/mol. The van der Waals surface area contributed by atoms with Crippen molar-refractivity contribution in [2.24, 2.45) is 0 Å². The second-order valence-corrected chi connectivity index (χ2v) is 14.8. The van der Waals surface area contributed by atoms with Crippen LogP contribution < -0.4 is 0 Å². The van der Waals surface area contributed by atoms with Crippen LogP contribution in [0.3, 0.4) is 0 Å². The van der Waals surface area contributed by atoms with Crippen molar-refractivity contribution in [1.82, 2.24) is 15.0 Å². The molecule has 6 heteroatoms. The van der Waals surface area contributed by atoms with E-state index in [9.17, 15) is 0 Å². The molecule has 7 aromatic carbocycles. The Kier molecular flexibility index (Phi) is 6.26. The third-order valence-corrected chi connectivity index (χ3v) is 12.2. The number of hydrogen-bond acceptors (Lipinski definition) is 6. The van der Waals surface area contributed by atoms with Crippen LogP contribution in [0.4, 0.5) is 0 Å². The number of thiophene rings is 2. The average Bonchev–Trinajstić information content (AvgIpc) is 3.89. The van der Waals surface area contributed by atoms with Crippen molar-refractivity contribution in [2.45, 2.75) is 0 Å². The highest BCUT2D eigenvalue weighted by Crippen LogP contribution is 2.46. The van der Waals surface area contributed by atoms with Crippen molar-refractivity contribution >= 4 is 85.0 Å². The number of furan rings is 1. The Morgan fingerprint density at radius 2 is 0.824 bits per heavy atom. The summed E-state index contributed by atoms with van der Waals surface area (Å²) in [5.74, 6) is 1.89. The average molecular weight is 688 g/mol. The van der Waals surface area contributed by atoms with Crippen molar-refractivity contribution in [3.63, 3.8) is 0 Å². The van der Waals surface area contributed by atoms with Gasteiger partial charge in [0, 0.05) is 73.4 Å². The van der Waals surface area contributed by atoms with Crippen molar-refractivity contribution in [1.29, 1.82) is 0 Å². The first-order chi connectivity index (χ1) is 25.3. The summed E-state index contributed by atoms with van der Waals surface area (Å²) in [4.78, 5) is 15.6. The van der Waals surface area contributed by atoms with Crippen molar-refractivity contribution < 1.29 is 4.42 Å². The fourth-order valence-corrected chi connectivity index (χ4v) is 9.94. The molecule has 4 aromatic heterocycles. The predicted octanol–water partition coefficient (Wildman–Crippen LogP) is 13.2. The van der Waals surface area contributed by atoms with Crippen LogP contribution in [0.25, 0.3) is 108 Å². The van der Waals surface area contributed by atoms with Gasteiger partial charge >= 0.3 is 0 Å². The third-order valence-electron chi connectivity index (χ3n) is 9.77. The quantitative estimate of drug-likeness (QED) is 0.185. The minimum Gasteiger partial charge on any atom is -0.456 e. The highest BCUT2D eigenvalue weighted by Gasteiger charge is 2.22. The summed E-state index contributed by atoms with van der Waals surface area (Å²) in [5, 5.41) is 7.06. The Hall–Kier alpha value is -6.21. The molecule has 0 atom stereocenters. The van der Waals surface area contributed by atoms with Gasteiger partial charge in [-0.05, 0) is 35.9 Å². The molecule has 0 amide bonds. The van der Waals surface area contributed by atoms with Crippen LogP contribution in [0.1, 0.15) is 0 Å². The second kappa shape index (κ2) is 11.2. The van der Waals surface area contributed by atoms with Gasteiger partial charge in [-0.15, -0.1) is 22.7 Å². The monoisotopic (exact) mass is 687 g/mol. The van der Waals surface area contributed by atoms with Crippen LogP contribution in [0.2, 0.25) is 0 Å². The lowest BCUT2D eigenvalue weighted by atomic mass is 9.96. The maximum atomic E-state index is 6.60. The van der Waals surface area contributed by atoms with E-state index in [1.807, 2.05) is 41.7 Å². The van der Waals surface area contributed by atoms with Gasteiger partial charge in [0.15, 0.2) is 17.5 Å². The molecule has 0 aliphatic carbocycles. The van der Waals surface area contributed by atoms with E-state index in [-0.39, 0.29) is 0 Å². The van der Waals surface area contributed by atoms with Crippen LogP contribution >= 0.6 is 22.7 Å². The van der Waals surface area contributed by atoms with Crippen LogP contribution in [0.5, 0.6) is 0 Å². The van der Waals surface area contributed by atoms with Gasteiger partial charge in [0.25, 0.3) is 0 Å². The fourth-order valence-electron chi connectivity index (χ4n) is 7.49. The van der Waals surface area contributed by atoms with Gasteiger partial charge in [-0.3, -0.25) is 0 Å². The van der Waals surface area contributed by atoms with Gasteiger partial charge in [-0.2, -0.15) is 0 Å². The molecule has 0 bridgehead atoms. The minimum absolute atomic E-state index is 0.611. The lowest BCUT2D eigenvalue weighted by Crippen LogP contribution is -2.00. The van der Waals surface area contributed by atoms with E-state index in [1.165, 1.54) is 45.9 Å². The Labute approximate surface area is 299 Å². The van der Waals surface area contributed by atoms with Gasteiger partial charge in [-0.25, -0.2) is 15.0 Å². The molecule has 0 N–H and O–H groups in total. The molecule has 0 unspecified atom stereocenters. The zero-order valence-corrected chi connectivity index (χ0v) is 28.6. The van der Waals surface area contributed by atoms with E-state index in [0.717, 1.165) is 44.2 Å². The van der Waals surface area contributed by atoms with E-state index in [0.29, 0.717) is 17.5 Å². The van der Waals surface area contributed by atoms with E-state index in [4.69, 9.17) is 19.4 Å². The summed E-state index contributed by atoms with van der Waals surface area (Å²) in [5.41, 5.74) is 6.79. The normalized spacial score (nSPS) is 11.9. The Morgan fingerprint density at radius 1 is 0.353 bits per heavy atom. The molecule has 51 heavy (non-hydrogen) atoms. The summed E-state index contributed by atoms with van der Waals surface area (Å²) in [7, 11) is 0. The van der Waals surface area contributed by atoms with E-state index in [2.05, 4.69) is 121 Å². The van der Waals surface area contributed by atoms with Gasteiger partial charge < -0.3 is 4.42 Å². The summed E-state index contributed by atoms with van der Waals surface area (Å²) in [6, 6.07) is 53.0. The Morgan fingerprint density at radius 3 is 1.51 bits per heavy atom. The van der Waals surface area contributed by atoms with E-state index < -0.39 is 0 Å². The topological polar surface area (TPSA) is 51.8 Å². The highest BCUT2D eigenvalue weighted by molar-refractivity contribution is 7.26. The van der Waals surface area contributed by atoms with Crippen LogP contribution in [0.15, 0.2) is 156 Å². The maximum Gasteiger partial charge on any atom is 0.165 e. The Balaban J connectivity index is 1.20. The second-order valence-electron chi connectivity index (χ2n) is 12.7. The summed E-state index contributed by atoms with van der Waals surface area (Å²) < 4.78 is 11.6. The summed E-state index contributed by atoms with van der Waals surface area (Å²) >= 11 is 3.62. The van der Waals surface area contributed by atoms with Crippen molar-refractivity contribution in [2.75, 3.05) is 0 Å². The first-order valence-corrected chi connectivity index (χ1v) is 18.5. The zero-order chi connectivity index (χ0) is 33.5. The van der Waals surface area contributed by atoms with Crippen LogP contribution in [-0.2, 0) is 0 Å². The number of hydrogen-bond donors (Lipinski definition) is 0. The summed E-state index contributed by atoms with van der Waals surface area (Å²) in [6.45, 7) is 0. The van der Waals surface area contributed by atoms with Crippen LogP contribution in [-0.4, -0.2) is 15.0 Å². The number of fused-ring (bicyclic) bond motifs is 9. The molecule has 0 aliphatic rings. The molecule has 11 aromatic rings. The van der Waals surface area contributed by atoms with Gasteiger partial charge in [0.2, 0.25) is 0 Å². The number of nitrogens with zero attached hydrogens (tertiary/aromatic N) is 3. The molecule has 4 heterocycles. The molecule has 0 saturated heterocycles. The fraction of sp³-hybridized carbons (Fsp3) is 0. The minimum atomic E-state index is 0.611. The molecule has 0 aliphatic heterocycles. The molecule has 11 rings (SSSR count). The lowest BCUT2D eigenvalue weighted by molar-refractivity contribution is 0.669. The summed E-state index contributed by atoms with van der Waals surface area (Å²) in [6.07, 6.45) is 0. The molecule has 0 saturated carbocycles. The molecule has 0 radical (unpaired) electrons. The SMILES string of the molecule is c1ccc(-c2nc(-c3cccc4c3sc3ccccc34)nc(-c3cccc4oc5cccc(-c6cccc7c6sc6ccccc67)c5c34)n2)cc1. The molecule has 238 valence electrons.